The van der Waals surface area contributed by atoms with Crippen LogP contribution in [0, 0.1) is 17.1 Å². The number of halogens is 2. The third kappa shape index (κ3) is 3.03. The molecule has 4 atom stereocenters. The number of hydrogen-bond donors (Lipinski definition) is 1. The summed E-state index contributed by atoms with van der Waals surface area (Å²) in [5, 5.41) is 20.1. The number of ether oxygens (including phenoxy) is 1. The molecule has 28 heavy (non-hydrogen) atoms. The Morgan fingerprint density at radius 3 is 2.61 bits per heavy atom. The van der Waals surface area contributed by atoms with Gasteiger partial charge in [0.25, 0.3) is 0 Å². The molecule has 4 rings (SSSR count). The van der Waals surface area contributed by atoms with Crippen molar-refractivity contribution < 1.29 is 23.2 Å². The van der Waals surface area contributed by atoms with E-state index in [9.17, 15) is 18.5 Å². The SMILES string of the molecule is CC1c2c(Oc3cc(F)cc(C#N)c3)ccc(P(C)(=O)C3CC3)c2C(O)C1F. The van der Waals surface area contributed by atoms with E-state index < -0.39 is 31.2 Å². The topological polar surface area (TPSA) is 70.3 Å². The summed E-state index contributed by atoms with van der Waals surface area (Å²) in [4.78, 5) is 0. The Morgan fingerprint density at radius 1 is 1.25 bits per heavy atom. The number of benzene rings is 2. The van der Waals surface area contributed by atoms with Crippen LogP contribution in [0.2, 0.25) is 0 Å². The largest absolute Gasteiger partial charge is 0.457 e. The van der Waals surface area contributed by atoms with Gasteiger partial charge in [-0.15, -0.1) is 0 Å². The Labute approximate surface area is 162 Å². The van der Waals surface area contributed by atoms with E-state index in [1.165, 1.54) is 6.07 Å². The maximum Gasteiger partial charge on any atom is 0.137 e. The highest BCUT2D eigenvalue weighted by atomic mass is 31.2. The van der Waals surface area contributed by atoms with Crippen molar-refractivity contribution in [1.29, 1.82) is 5.26 Å². The van der Waals surface area contributed by atoms with Crippen LogP contribution >= 0.6 is 7.14 Å². The van der Waals surface area contributed by atoms with Crippen LogP contribution < -0.4 is 10.0 Å². The molecule has 0 bridgehead atoms. The monoisotopic (exact) mass is 403 g/mol. The summed E-state index contributed by atoms with van der Waals surface area (Å²) in [6.45, 7) is 3.33. The van der Waals surface area contributed by atoms with Crippen molar-refractivity contribution in [3.8, 4) is 17.6 Å². The molecule has 1 N–H and O–H groups in total. The van der Waals surface area contributed by atoms with Crippen LogP contribution in [0.4, 0.5) is 8.78 Å². The fourth-order valence-corrected chi connectivity index (χ4v) is 6.66. The van der Waals surface area contributed by atoms with Crippen LogP contribution in [0.3, 0.4) is 0 Å². The molecule has 2 aliphatic rings. The number of fused-ring (bicyclic) bond motifs is 1. The van der Waals surface area contributed by atoms with Crippen molar-refractivity contribution in [2.24, 2.45) is 0 Å². The Kier molecular flexibility index (Phi) is 4.56. The number of hydrogen-bond acceptors (Lipinski definition) is 4. The highest BCUT2D eigenvalue weighted by molar-refractivity contribution is 7.72. The molecule has 0 spiro atoms. The molecule has 2 aromatic carbocycles. The molecule has 0 aromatic heterocycles. The van der Waals surface area contributed by atoms with Gasteiger partial charge in [-0.05, 0) is 43.8 Å². The number of rotatable bonds is 4. The average molecular weight is 403 g/mol. The summed E-state index contributed by atoms with van der Waals surface area (Å²) < 4.78 is 47.6. The smallest absolute Gasteiger partial charge is 0.137 e. The number of alkyl halides is 1. The minimum Gasteiger partial charge on any atom is -0.457 e. The average Bonchev–Trinajstić information content (AvgIpc) is 3.48. The van der Waals surface area contributed by atoms with Crippen LogP contribution in [-0.2, 0) is 4.57 Å². The van der Waals surface area contributed by atoms with Gasteiger partial charge in [-0.2, -0.15) is 5.26 Å². The molecule has 4 unspecified atom stereocenters. The van der Waals surface area contributed by atoms with Crippen LogP contribution in [0.5, 0.6) is 11.5 Å². The first-order valence-electron chi connectivity index (χ1n) is 9.19. The van der Waals surface area contributed by atoms with Crippen molar-refractivity contribution in [3.05, 3.63) is 52.8 Å². The van der Waals surface area contributed by atoms with Crippen LogP contribution in [0.15, 0.2) is 30.3 Å². The lowest BCUT2D eigenvalue weighted by atomic mass is 10.0. The zero-order chi connectivity index (χ0) is 20.2. The maximum absolute atomic E-state index is 14.7. The summed E-state index contributed by atoms with van der Waals surface area (Å²) in [6.07, 6.45) is -1.19. The van der Waals surface area contributed by atoms with E-state index >= 15 is 0 Å². The summed E-state index contributed by atoms with van der Waals surface area (Å²) in [5.74, 6) is -0.901. The molecule has 2 aliphatic carbocycles. The molecule has 146 valence electrons. The van der Waals surface area contributed by atoms with Crippen molar-refractivity contribution in [3.63, 3.8) is 0 Å². The second kappa shape index (κ2) is 6.69. The first-order chi connectivity index (χ1) is 13.2. The van der Waals surface area contributed by atoms with E-state index in [1.54, 1.807) is 25.7 Å². The molecule has 0 aliphatic heterocycles. The minimum absolute atomic E-state index is 0.0749. The Balaban J connectivity index is 1.84. The van der Waals surface area contributed by atoms with Crippen LogP contribution in [-0.4, -0.2) is 23.6 Å². The quantitative estimate of drug-likeness (QED) is 0.748. The van der Waals surface area contributed by atoms with Gasteiger partial charge in [0.05, 0.1) is 11.6 Å². The third-order valence-corrected chi connectivity index (χ3v) is 8.96. The molecule has 0 amide bonds. The van der Waals surface area contributed by atoms with Gasteiger partial charge in [0.2, 0.25) is 0 Å². The van der Waals surface area contributed by atoms with Gasteiger partial charge in [-0.3, -0.25) is 0 Å². The van der Waals surface area contributed by atoms with Crippen molar-refractivity contribution in [2.45, 2.75) is 43.6 Å². The van der Waals surface area contributed by atoms with Gasteiger partial charge in [-0.1, -0.05) is 6.92 Å². The van der Waals surface area contributed by atoms with E-state index in [-0.39, 0.29) is 22.7 Å². The Hall–Kier alpha value is -2.22. The fourth-order valence-electron chi connectivity index (χ4n) is 4.03. The number of aliphatic hydroxyl groups excluding tert-OH is 1. The first kappa shape index (κ1) is 19.1. The third-order valence-electron chi connectivity index (χ3n) is 5.70. The maximum atomic E-state index is 14.7. The summed E-state index contributed by atoms with van der Waals surface area (Å²) >= 11 is 0. The van der Waals surface area contributed by atoms with Gasteiger partial charge in [-0.25, -0.2) is 8.78 Å². The number of nitriles is 1. The summed E-state index contributed by atoms with van der Waals surface area (Å²) in [7, 11) is -2.75. The Bertz CT molecular complexity index is 1040. The molecule has 0 radical (unpaired) electrons. The molecule has 0 saturated heterocycles. The molecule has 0 heterocycles. The van der Waals surface area contributed by atoms with Gasteiger partial charge < -0.3 is 14.4 Å². The zero-order valence-electron chi connectivity index (χ0n) is 15.5. The zero-order valence-corrected chi connectivity index (χ0v) is 16.4. The predicted molar refractivity (Wildman–Crippen MR) is 102 cm³/mol. The normalized spacial score (nSPS) is 25.6. The molecule has 7 heteroatoms. The van der Waals surface area contributed by atoms with Gasteiger partial charge >= 0.3 is 0 Å². The summed E-state index contributed by atoms with van der Waals surface area (Å²) in [5.41, 5.74) is 0.979. The van der Waals surface area contributed by atoms with E-state index in [1.807, 2.05) is 6.07 Å². The second-order valence-corrected chi connectivity index (χ2v) is 10.9. The highest BCUT2D eigenvalue weighted by Crippen LogP contribution is 2.60. The molecule has 1 fully saturated rings. The number of aliphatic hydroxyl groups is 1. The van der Waals surface area contributed by atoms with E-state index in [2.05, 4.69) is 0 Å². The van der Waals surface area contributed by atoms with Crippen molar-refractivity contribution in [1.82, 2.24) is 0 Å². The van der Waals surface area contributed by atoms with Gasteiger partial charge in [0.1, 0.15) is 36.7 Å². The lowest BCUT2D eigenvalue weighted by molar-refractivity contribution is 0.0820. The predicted octanol–water partition coefficient (Wildman–Crippen LogP) is 4.76. The second-order valence-electron chi connectivity index (χ2n) is 7.70. The van der Waals surface area contributed by atoms with Crippen LogP contribution in [0.25, 0.3) is 0 Å². The lowest BCUT2D eigenvalue weighted by Gasteiger charge is -2.21. The van der Waals surface area contributed by atoms with Gasteiger partial charge in [0.15, 0.2) is 0 Å². The molecular formula is C21H20F2NO3P. The fraction of sp³-hybridized carbons (Fsp3) is 0.381. The van der Waals surface area contributed by atoms with Crippen molar-refractivity contribution in [2.75, 3.05) is 6.66 Å². The lowest BCUT2D eigenvalue weighted by Crippen LogP contribution is -2.18. The molecule has 2 aromatic rings. The first-order valence-corrected chi connectivity index (χ1v) is 11.4. The Morgan fingerprint density at radius 2 is 1.96 bits per heavy atom. The molecular weight excluding hydrogens is 383 g/mol. The standard InChI is InChI=1S/C21H20F2NO3P/c1-11-18-16(27-14-8-12(10-24)7-13(22)9-14)5-6-17(19(18)21(25)20(11)23)28(2,26)15-3-4-15/h5-9,11,15,20-21,25H,3-4H2,1-2H3. The number of nitrogens with zero attached hydrogens (tertiary/aromatic N) is 1. The highest BCUT2D eigenvalue weighted by Gasteiger charge is 2.47. The van der Waals surface area contributed by atoms with Gasteiger partial charge in [0, 0.05) is 34.1 Å². The minimum atomic E-state index is -2.75. The molecule has 1 saturated carbocycles. The summed E-state index contributed by atoms with van der Waals surface area (Å²) in [6, 6.07) is 8.71. The van der Waals surface area contributed by atoms with E-state index in [4.69, 9.17) is 10.00 Å². The molecule has 4 nitrogen and oxygen atoms in total. The van der Waals surface area contributed by atoms with Crippen molar-refractivity contribution >= 4 is 12.4 Å². The van der Waals surface area contributed by atoms with Crippen LogP contribution in [0.1, 0.15) is 48.5 Å². The van der Waals surface area contributed by atoms with E-state index in [0.29, 0.717) is 16.4 Å². The van der Waals surface area contributed by atoms with E-state index in [0.717, 1.165) is 25.0 Å².